The molecular formula is C21H29FN4S. The van der Waals surface area contributed by atoms with Crippen molar-refractivity contribution in [3.05, 3.63) is 41.9 Å². The van der Waals surface area contributed by atoms with Crippen molar-refractivity contribution in [3.8, 4) is 0 Å². The van der Waals surface area contributed by atoms with Crippen LogP contribution in [0.25, 0.3) is 0 Å². The van der Waals surface area contributed by atoms with Gasteiger partial charge < -0.3 is 9.88 Å². The maximum Gasteiger partial charge on any atom is 0.183 e. The van der Waals surface area contributed by atoms with Crippen molar-refractivity contribution >= 4 is 16.5 Å². The van der Waals surface area contributed by atoms with Crippen molar-refractivity contribution in [2.24, 2.45) is 11.8 Å². The highest BCUT2D eigenvalue weighted by molar-refractivity contribution is 7.15. The van der Waals surface area contributed by atoms with Gasteiger partial charge in [0.2, 0.25) is 0 Å². The quantitative estimate of drug-likeness (QED) is 0.583. The zero-order valence-corrected chi connectivity index (χ0v) is 16.7. The van der Waals surface area contributed by atoms with Crippen molar-refractivity contribution in [2.45, 2.75) is 70.1 Å². The van der Waals surface area contributed by atoms with Gasteiger partial charge in [-0.2, -0.15) is 0 Å². The third-order valence-corrected chi connectivity index (χ3v) is 7.05. The lowest BCUT2D eigenvalue weighted by Gasteiger charge is -2.24. The molecule has 1 saturated carbocycles. The Kier molecular flexibility index (Phi) is 5.91. The Morgan fingerprint density at radius 1 is 1.33 bits per heavy atom. The number of anilines is 1. The molecule has 0 saturated heterocycles. The van der Waals surface area contributed by atoms with Crippen LogP contribution in [0.2, 0.25) is 0 Å². The summed E-state index contributed by atoms with van der Waals surface area (Å²) < 4.78 is 16.3. The number of rotatable bonds is 9. The number of nitrogens with zero attached hydrogens (tertiary/aromatic N) is 3. The minimum absolute atomic E-state index is 0.153. The SMILES string of the molecule is CC(Nc1ncc(C(CCC2CC=CCC2F)Cn2ccnc2)s1)C1CC1. The molecule has 27 heavy (non-hydrogen) atoms. The summed E-state index contributed by atoms with van der Waals surface area (Å²) in [7, 11) is 0. The summed E-state index contributed by atoms with van der Waals surface area (Å²) >= 11 is 1.76. The number of hydrogen-bond donors (Lipinski definition) is 1. The highest BCUT2D eigenvalue weighted by Crippen LogP contribution is 2.37. The number of thiazole rings is 1. The van der Waals surface area contributed by atoms with Crippen LogP contribution in [0.5, 0.6) is 0 Å². The number of alkyl halides is 1. The van der Waals surface area contributed by atoms with Crippen LogP contribution >= 0.6 is 11.3 Å². The fraction of sp³-hybridized carbons (Fsp3) is 0.619. The summed E-state index contributed by atoms with van der Waals surface area (Å²) in [5, 5.41) is 4.59. The van der Waals surface area contributed by atoms with Crippen LogP contribution in [-0.2, 0) is 6.54 Å². The van der Waals surface area contributed by atoms with E-state index in [2.05, 4.69) is 32.9 Å². The van der Waals surface area contributed by atoms with Gasteiger partial charge in [-0.25, -0.2) is 14.4 Å². The molecule has 0 aromatic carbocycles. The molecule has 2 heterocycles. The fourth-order valence-corrected chi connectivity index (χ4v) is 5.01. The second-order valence-corrected chi connectivity index (χ2v) is 9.15. The van der Waals surface area contributed by atoms with Crippen molar-refractivity contribution in [2.75, 3.05) is 5.32 Å². The largest absolute Gasteiger partial charge is 0.359 e. The molecule has 2 aromatic rings. The van der Waals surface area contributed by atoms with Gasteiger partial charge in [0, 0.05) is 42.0 Å². The van der Waals surface area contributed by atoms with Crippen LogP contribution < -0.4 is 5.32 Å². The Bertz CT molecular complexity index is 737. The summed E-state index contributed by atoms with van der Waals surface area (Å²) in [5.74, 6) is 1.31. The molecule has 0 spiro atoms. The van der Waals surface area contributed by atoms with Gasteiger partial charge in [-0.3, -0.25) is 0 Å². The number of allylic oxidation sites excluding steroid dienone is 2. The van der Waals surface area contributed by atoms with Gasteiger partial charge >= 0.3 is 0 Å². The normalized spacial score (nSPS) is 24.7. The van der Waals surface area contributed by atoms with E-state index in [0.29, 0.717) is 18.4 Å². The van der Waals surface area contributed by atoms with E-state index in [4.69, 9.17) is 0 Å². The summed E-state index contributed by atoms with van der Waals surface area (Å²) in [6, 6.07) is 0.498. The predicted molar refractivity (Wildman–Crippen MR) is 109 cm³/mol. The Morgan fingerprint density at radius 3 is 2.93 bits per heavy atom. The first-order chi connectivity index (χ1) is 13.2. The molecule has 2 aromatic heterocycles. The molecule has 0 radical (unpaired) electrons. The zero-order chi connectivity index (χ0) is 18.6. The maximum atomic E-state index is 14.2. The molecule has 6 heteroatoms. The van der Waals surface area contributed by atoms with E-state index in [9.17, 15) is 4.39 Å². The van der Waals surface area contributed by atoms with Crippen LogP contribution in [0, 0.1) is 11.8 Å². The topological polar surface area (TPSA) is 42.7 Å². The van der Waals surface area contributed by atoms with Gasteiger partial charge in [0.05, 0.1) is 6.33 Å². The average Bonchev–Trinajstić information content (AvgIpc) is 3.21. The summed E-state index contributed by atoms with van der Waals surface area (Å²) in [6.07, 6.45) is 17.1. The third-order valence-electron chi connectivity index (χ3n) is 5.96. The molecule has 0 amide bonds. The molecule has 0 bridgehead atoms. The number of aromatic nitrogens is 3. The lowest BCUT2D eigenvalue weighted by Crippen LogP contribution is -2.19. The highest BCUT2D eigenvalue weighted by Gasteiger charge is 2.29. The Labute approximate surface area is 164 Å². The third kappa shape index (κ3) is 4.98. The zero-order valence-electron chi connectivity index (χ0n) is 15.9. The second kappa shape index (κ2) is 8.55. The molecule has 4 unspecified atom stereocenters. The van der Waals surface area contributed by atoms with Crippen LogP contribution in [0.3, 0.4) is 0 Å². The van der Waals surface area contributed by atoms with Crippen molar-refractivity contribution in [3.63, 3.8) is 0 Å². The molecule has 0 aliphatic heterocycles. The molecule has 4 rings (SSSR count). The summed E-state index contributed by atoms with van der Waals surface area (Å²) in [4.78, 5) is 10.1. The Hall–Kier alpha value is -1.69. The Balaban J connectivity index is 1.42. The van der Waals surface area contributed by atoms with E-state index >= 15 is 0 Å². The number of hydrogen-bond acceptors (Lipinski definition) is 4. The maximum absolute atomic E-state index is 14.2. The highest BCUT2D eigenvalue weighted by atomic mass is 32.1. The summed E-state index contributed by atoms with van der Waals surface area (Å²) in [6.45, 7) is 3.12. The van der Waals surface area contributed by atoms with E-state index < -0.39 is 6.17 Å². The molecule has 4 nitrogen and oxygen atoms in total. The lowest BCUT2D eigenvalue weighted by atomic mass is 9.85. The minimum atomic E-state index is -0.693. The van der Waals surface area contributed by atoms with Crippen LogP contribution in [-0.4, -0.2) is 26.7 Å². The van der Waals surface area contributed by atoms with E-state index in [1.807, 2.05) is 31.0 Å². The number of imidazole rings is 1. The van der Waals surface area contributed by atoms with Crippen LogP contribution in [0.4, 0.5) is 9.52 Å². The van der Waals surface area contributed by atoms with E-state index in [-0.39, 0.29) is 5.92 Å². The first kappa shape index (κ1) is 18.7. The van der Waals surface area contributed by atoms with Crippen LogP contribution in [0.15, 0.2) is 37.1 Å². The van der Waals surface area contributed by atoms with Crippen LogP contribution in [0.1, 0.15) is 56.2 Å². The standard InChI is InChI=1S/C21H29FN4S/c1-15(16-6-7-16)25-21-24-12-20(27-21)18(13-26-11-10-23-14-26)9-8-17-4-2-3-5-19(17)22/h2-3,10-12,14-19H,4-9,13H2,1H3,(H,24,25). The predicted octanol–water partition coefficient (Wildman–Crippen LogP) is 5.42. The molecule has 4 atom stereocenters. The minimum Gasteiger partial charge on any atom is -0.359 e. The van der Waals surface area contributed by atoms with Gasteiger partial charge in [0.25, 0.3) is 0 Å². The van der Waals surface area contributed by atoms with Gasteiger partial charge in [-0.15, -0.1) is 11.3 Å². The smallest absolute Gasteiger partial charge is 0.183 e. The molecule has 1 fully saturated rings. The molecule has 2 aliphatic rings. The monoisotopic (exact) mass is 388 g/mol. The summed E-state index contributed by atoms with van der Waals surface area (Å²) in [5.41, 5.74) is 0. The van der Waals surface area contributed by atoms with E-state index in [0.717, 1.165) is 36.9 Å². The van der Waals surface area contributed by atoms with Crippen molar-refractivity contribution in [1.82, 2.24) is 14.5 Å². The second-order valence-electron chi connectivity index (χ2n) is 8.09. The van der Waals surface area contributed by atoms with Crippen molar-refractivity contribution < 1.29 is 4.39 Å². The van der Waals surface area contributed by atoms with Gasteiger partial charge in [-0.05, 0) is 57.3 Å². The first-order valence-electron chi connectivity index (χ1n) is 10.2. The molecular weight excluding hydrogens is 359 g/mol. The molecule has 1 N–H and O–H groups in total. The van der Waals surface area contributed by atoms with E-state index in [1.54, 1.807) is 11.3 Å². The number of halogens is 1. The number of nitrogens with one attached hydrogen (secondary N) is 1. The molecule has 146 valence electrons. The molecule has 2 aliphatic carbocycles. The fourth-order valence-electron chi connectivity index (χ4n) is 3.97. The van der Waals surface area contributed by atoms with E-state index in [1.165, 1.54) is 17.7 Å². The van der Waals surface area contributed by atoms with Gasteiger partial charge in [0.15, 0.2) is 5.13 Å². The van der Waals surface area contributed by atoms with Crippen molar-refractivity contribution in [1.29, 1.82) is 0 Å². The Morgan fingerprint density at radius 2 is 2.19 bits per heavy atom. The first-order valence-corrected chi connectivity index (χ1v) is 11.0. The van der Waals surface area contributed by atoms with Gasteiger partial charge in [0.1, 0.15) is 6.17 Å². The average molecular weight is 389 g/mol. The lowest BCUT2D eigenvalue weighted by molar-refractivity contribution is 0.204. The van der Waals surface area contributed by atoms with Gasteiger partial charge in [-0.1, -0.05) is 12.2 Å².